The van der Waals surface area contributed by atoms with Crippen LogP contribution in [-0.4, -0.2) is 27.4 Å². The number of imidazole rings is 1. The molecule has 0 saturated heterocycles. The molecule has 4 aromatic rings. The summed E-state index contributed by atoms with van der Waals surface area (Å²) in [6, 6.07) is 27.7. The summed E-state index contributed by atoms with van der Waals surface area (Å²) in [5, 5.41) is 10.8. The lowest BCUT2D eigenvalue weighted by atomic mass is 10.1. The summed E-state index contributed by atoms with van der Waals surface area (Å²) in [5.41, 5.74) is 2.99. The van der Waals surface area contributed by atoms with Gasteiger partial charge in [-0.05, 0) is 36.2 Å². The van der Waals surface area contributed by atoms with E-state index in [0.29, 0.717) is 13.2 Å². The van der Waals surface area contributed by atoms with E-state index in [1.54, 1.807) is 0 Å². The summed E-state index contributed by atoms with van der Waals surface area (Å²) in [6.07, 6.45) is 0.156. The van der Waals surface area contributed by atoms with Gasteiger partial charge in [0.15, 0.2) is 0 Å². The van der Waals surface area contributed by atoms with Gasteiger partial charge in [-0.25, -0.2) is 4.98 Å². The first kappa shape index (κ1) is 21.1. The van der Waals surface area contributed by atoms with Crippen LogP contribution in [0.1, 0.15) is 30.8 Å². The Morgan fingerprint density at radius 1 is 0.903 bits per heavy atom. The summed E-state index contributed by atoms with van der Waals surface area (Å²) in [4.78, 5) is 4.73. The van der Waals surface area contributed by atoms with Crippen LogP contribution in [0.2, 0.25) is 0 Å². The molecular weight excluding hydrogens is 388 g/mol. The molecule has 0 saturated carbocycles. The van der Waals surface area contributed by atoms with Crippen molar-refractivity contribution in [3.63, 3.8) is 0 Å². The maximum atomic E-state index is 10.8. The number of fused-ring (bicyclic) bond motifs is 1. The molecule has 0 aliphatic carbocycles. The van der Waals surface area contributed by atoms with Crippen molar-refractivity contribution < 1.29 is 14.6 Å². The van der Waals surface area contributed by atoms with Gasteiger partial charge in [0.25, 0.3) is 0 Å². The molecule has 1 N–H and O–H groups in total. The Bertz CT molecular complexity index is 1080. The molecule has 2 atom stereocenters. The number of hydrogen-bond acceptors (Lipinski definition) is 4. The Hall–Kier alpha value is -3.15. The molecule has 5 heteroatoms. The zero-order valence-electron chi connectivity index (χ0n) is 17.7. The first-order valence-corrected chi connectivity index (χ1v) is 10.7. The van der Waals surface area contributed by atoms with Crippen LogP contribution in [0, 0.1) is 0 Å². The van der Waals surface area contributed by atoms with Crippen LogP contribution in [0.25, 0.3) is 11.0 Å². The predicted molar refractivity (Wildman–Crippen MR) is 122 cm³/mol. The van der Waals surface area contributed by atoms with Gasteiger partial charge in [0.05, 0.1) is 36.4 Å². The zero-order valence-corrected chi connectivity index (χ0v) is 17.7. The average molecular weight is 417 g/mol. The lowest BCUT2D eigenvalue weighted by molar-refractivity contribution is -0.0176. The number of hydrogen-bond donors (Lipinski definition) is 1. The molecule has 0 amide bonds. The van der Waals surface area contributed by atoms with Gasteiger partial charge in [0.2, 0.25) is 0 Å². The van der Waals surface area contributed by atoms with Gasteiger partial charge in [-0.1, -0.05) is 67.6 Å². The van der Waals surface area contributed by atoms with E-state index in [9.17, 15) is 5.11 Å². The van der Waals surface area contributed by atoms with Crippen molar-refractivity contribution >= 4 is 11.0 Å². The van der Waals surface area contributed by atoms with E-state index in [4.69, 9.17) is 14.5 Å². The van der Waals surface area contributed by atoms with Crippen LogP contribution in [0.3, 0.4) is 0 Å². The van der Waals surface area contributed by atoms with Crippen LogP contribution in [0.4, 0.5) is 0 Å². The van der Waals surface area contributed by atoms with Crippen molar-refractivity contribution in [3.8, 4) is 5.75 Å². The summed E-state index contributed by atoms with van der Waals surface area (Å²) in [5.74, 6) is 1.57. The third-order valence-corrected chi connectivity index (χ3v) is 5.27. The second-order valence-corrected chi connectivity index (χ2v) is 7.52. The quantitative estimate of drug-likeness (QED) is 0.389. The lowest BCUT2D eigenvalue weighted by Gasteiger charge is -2.20. The number of aliphatic hydroxyl groups excluding tert-OH is 1. The number of aromatic nitrogens is 2. The Kier molecular flexibility index (Phi) is 6.97. The Morgan fingerprint density at radius 3 is 2.32 bits per heavy atom. The highest BCUT2D eigenvalue weighted by Crippen LogP contribution is 2.22. The van der Waals surface area contributed by atoms with E-state index in [-0.39, 0.29) is 12.7 Å². The molecule has 3 aromatic carbocycles. The largest absolute Gasteiger partial charge is 0.486 e. The molecule has 1 heterocycles. The SMILES string of the molecule is CCC(OCC(O)Cn1c(COc2ccccc2)nc2ccccc21)c1ccccc1. The minimum absolute atomic E-state index is 0.0312. The van der Waals surface area contributed by atoms with E-state index in [1.807, 2.05) is 77.4 Å². The smallest absolute Gasteiger partial charge is 0.148 e. The molecule has 31 heavy (non-hydrogen) atoms. The van der Waals surface area contributed by atoms with Crippen LogP contribution < -0.4 is 4.74 Å². The third kappa shape index (κ3) is 5.32. The van der Waals surface area contributed by atoms with Gasteiger partial charge in [0, 0.05) is 0 Å². The number of nitrogens with zero attached hydrogens (tertiary/aromatic N) is 2. The zero-order chi connectivity index (χ0) is 21.5. The van der Waals surface area contributed by atoms with Crippen molar-refractivity contribution in [1.82, 2.24) is 9.55 Å². The molecule has 4 rings (SSSR count). The lowest BCUT2D eigenvalue weighted by Crippen LogP contribution is -2.24. The van der Waals surface area contributed by atoms with Crippen molar-refractivity contribution in [2.24, 2.45) is 0 Å². The summed E-state index contributed by atoms with van der Waals surface area (Å²) >= 11 is 0. The third-order valence-electron chi connectivity index (χ3n) is 5.27. The van der Waals surface area contributed by atoms with Crippen LogP contribution in [-0.2, 0) is 17.9 Å². The monoisotopic (exact) mass is 416 g/mol. The molecule has 2 unspecified atom stereocenters. The molecule has 0 fully saturated rings. The van der Waals surface area contributed by atoms with Crippen LogP contribution in [0.15, 0.2) is 84.9 Å². The molecule has 0 aliphatic heterocycles. The molecule has 160 valence electrons. The number of para-hydroxylation sites is 3. The number of ether oxygens (including phenoxy) is 2. The standard InChI is InChI=1S/C26H28N2O3/c1-2-25(20-11-5-3-6-12-20)31-18-21(29)17-28-24-16-10-9-15-23(24)27-26(28)19-30-22-13-7-4-8-14-22/h3-16,21,25,29H,2,17-19H2,1H3. The second-order valence-electron chi connectivity index (χ2n) is 7.52. The molecule has 0 radical (unpaired) electrons. The second kappa shape index (κ2) is 10.2. The number of benzene rings is 3. The Labute approximate surface area is 182 Å². The molecule has 5 nitrogen and oxygen atoms in total. The van der Waals surface area contributed by atoms with E-state index in [1.165, 1.54) is 0 Å². The minimum atomic E-state index is -0.661. The van der Waals surface area contributed by atoms with Crippen molar-refractivity contribution in [1.29, 1.82) is 0 Å². The molecule has 0 bridgehead atoms. The maximum Gasteiger partial charge on any atom is 0.148 e. The highest BCUT2D eigenvalue weighted by Gasteiger charge is 2.17. The summed E-state index contributed by atoms with van der Waals surface area (Å²) in [7, 11) is 0. The van der Waals surface area contributed by atoms with E-state index < -0.39 is 6.10 Å². The molecule has 1 aromatic heterocycles. The predicted octanol–water partition coefficient (Wildman–Crippen LogP) is 5.14. The van der Waals surface area contributed by atoms with Crippen molar-refractivity contribution in [2.75, 3.05) is 6.61 Å². The van der Waals surface area contributed by atoms with Crippen LogP contribution >= 0.6 is 0 Å². The first-order valence-electron chi connectivity index (χ1n) is 10.7. The van der Waals surface area contributed by atoms with Gasteiger partial charge < -0.3 is 19.1 Å². The van der Waals surface area contributed by atoms with Gasteiger partial charge in [-0.2, -0.15) is 0 Å². The summed E-state index contributed by atoms with van der Waals surface area (Å²) < 4.78 is 14.0. The molecular formula is C26H28N2O3. The van der Waals surface area contributed by atoms with Gasteiger partial charge in [0.1, 0.15) is 18.2 Å². The normalized spacial score (nSPS) is 13.2. The number of aliphatic hydroxyl groups is 1. The maximum absolute atomic E-state index is 10.8. The van der Waals surface area contributed by atoms with Crippen LogP contribution in [0.5, 0.6) is 5.75 Å². The van der Waals surface area contributed by atoms with Crippen molar-refractivity contribution in [3.05, 3.63) is 96.3 Å². The topological polar surface area (TPSA) is 56.5 Å². The Morgan fingerprint density at radius 2 is 1.58 bits per heavy atom. The van der Waals surface area contributed by atoms with Gasteiger partial charge >= 0.3 is 0 Å². The molecule has 0 spiro atoms. The minimum Gasteiger partial charge on any atom is -0.486 e. The fourth-order valence-electron chi connectivity index (χ4n) is 3.71. The average Bonchev–Trinajstić information content (AvgIpc) is 3.17. The van der Waals surface area contributed by atoms with Gasteiger partial charge in [-0.3, -0.25) is 0 Å². The number of rotatable bonds is 10. The highest BCUT2D eigenvalue weighted by molar-refractivity contribution is 5.75. The van der Waals surface area contributed by atoms with E-state index in [0.717, 1.165) is 34.6 Å². The van der Waals surface area contributed by atoms with E-state index >= 15 is 0 Å². The van der Waals surface area contributed by atoms with Gasteiger partial charge in [-0.15, -0.1) is 0 Å². The highest BCUT2D eigenvalue weighted by atomic mass is 16.5. The fourth-order valence-corrected chi connectivity index (χ4v) is 3.71. The fraction of sp³-hybridized carbons (Fsp3) is 0.269. The van der Waals surface area contributed by atoms with E-state index in [2.05, 4.69) is 19.1 Å². The Balaban J connectivity index is 1.46. The van der Waals surface area contributed by atoms with Crippen molar-refractivity contribution in [2.45, 2.75) is 38.7 Å². The molecule has 0 aliphatic rings. The first-order chi connectivity index (χ1) is 15.2. The summed E-state index contributed by atoms with van der Waals surface area (Å²) in [6.45, 7) is 3.05.